The number of hydrogen-bond acceptors (Lipinski definition) is 4. The first kappa shape index (κ1) is 16.8. The Bertz CT molecular complexity index is 651. The molecule has 0 bridgehead atoms. The molecule has 0 spiro atoms. The maximum absolute atomic E-state index is 11.8. The molecule has 2 aromatic rings. The summed E-state index contributed by atoms with van der Waals surface area (Å²) < 4.78 is 11.0. The maximum atomic E-state index is 11.8. The van der Waals surface area contributed by atoms with Crippen molar-refractivity contribution in [2.75, 3.05) is 0 Å². The average Bonchev–Trinajstić information content (AvgIpc) is 2.46. The van der Waals surface area contributed by atoms with Crippen LogP contribution in [0.25, 0.3) is 0 Å². The number of carbonyl (C=O) groups is 1. The minimum atomic E-state index is -0.518. The monoisotopic (exact) mass is 314 g/mol. The van der Waals surface area contributed by atoms with Gasteiger partial charge in [0.25, 0.3) is 0 Å². The molecule has 122 valence electrons. The highest BCUT2D eigenvalue weighted by molar-refractivity contribution is 5.68. The lowest BCUT2D eigenvalue weighted by atomic mass is 10.1. The van der Waals surface area contributed by atoms with Crippen molar-refractivity contribution in [3.05, 3.63) is 54.4 Å². The number of ether oxygens (including phenoxy) is 2. The molecule has 5 heteroatoms. The molecule has 23 heavy (non-hydrogen) atoms. The van der Waals surface area contributed by atoms with Crippen LogP contribution >= 0.6 is 0 Å². The molecule has 1 N–H and O–H groups in total. The predicted molar refractivity (Wildman–Crippen MR) is 88.5 cm³/mol. The number of amides is 1. The molecule has 0 aliphatic rings. The van der Waals surface area contributed by atoms with E-state index in [9.17, 15) is 4.79 Å². The molecular weight excluding hydrogens is 292 g/mol. The molecule has 0 saturated heterocycles. The van der Waals surface area contributed by atoms with Crippen molar-refractivity contribution in [2.45, 2.75) is 39.3 Å². The molecule has 1 aromatic carbocycles. The highest BCUT2D eigenvalue weighted by atomic mass is 16.6. The minimum absolute atomic E-state index is 0.189. The van der Waals surface area contributed by atoms with Crippen LogP contribution in [-0.4, -0.2) is 16.7 Å². The van der Waals surface area contributed by atoms with Crippen molar-refractivity contribution >= 4 is 6.09 Å². The van der Waals surface area contributed by atoms with Crippen LogP contribution in [0.2, 0.25) is 0 Å². The predicted octanol–water partition coefficient (Wildman–Crippen LogP) is 4.46. The molecule has 0 fully saturated rings. The van der Waals surface area contributed by atoms with Gasteiger partial charge in [-0.05, 0) is 57.5 Å². The van der Waals surface area contributed by atoms with E-state index in [1.165, 1.54) is 0 Å². The van der Waals surface area contributed by atoms with E-state index < -0.39 is 11.7 Å². The van der Waals surface area contributed by atoms with E-state index in [2.05, 4.69) is 10.3 Å². The molecule has 1 unspecified atom stereocenters. The van der Waals surface area contributed by atoms with Crippen LogP contribution in [0.5, 0.6) is 11.5 Å². The Hall–Kier alpha value is -2.56. The third kappa shape index (κ3) is 5.62. The van der Waals surface area contributed by atoms with Crippen LogP contribution in [0.3, 0.4) is 0 Å². The topological polar surface area (TPSA) is 60.5 Å². The number of alkyl carbamates (subject to hydrolysis) is 1. The van der Waals surface area contributed by atoms with Gasteiger partial charge in [-0.1, -0.05) is 12.1 Å². The molecule has 1 amide bonds. The molecule has 1 heterocycles. The van der Waals surface area contributed by atoms with Crippen LogP contribution in [0.4, 0.5) is 4.79 Å². The van der Waals surface area contributed by atoms with Crippen LogP contribution in [-0.2, 0) is 4.74 Å². The van der Waals surface area contributed by atoms with Gasteiger partial charge < -0.3 is 14.8 Å². The number of nitrogens with zero attached hydrogens (tertiary/aromatic N) is 1. The Labute approximate surface area is 136 Å². The minimum Gasteiger partial charge on any atom is -0.457 e. The van der Waals surface area contributed by atoms with E-state index in [0.717, 1.165) is 5.56 Å². The van der Waals surface area contributed by atoms with Crippen LogP contribution in [0.1, 0.15) is 39.3 Å². The van der Waals surface area contributed by atoms with Gasteiger partial charge in [-0.3, -0.25) is 4.98 Å². The molecule has 0 saturated carbocycles. The fraction of sp³-hybridized carbons (Fsp3) is 0.333. The molecule has 2 rings (SSSR count). The first-order valence-electron chi connectivity index (χ1n) is 7.51. The lowest BCUT2D eigenvalue weighted by molar-refractivity contribution is 0.0508. The second-order valence-electron chi connectivity index (χ2n) is 6.23. The summed E-state index contributed by atoms with van der Waals surface area (Å²) >= 11 is 0. The summed E-state index contributed by atoms with van der Waals surface area (Å²) in [4.78, 5) is 15.8. The number of carbonyl (C=O) groups excluding carboxylic acids is 1. The van der Waals surface area contributed by atoms with Gasteiger partial charge in [0.15, 0.2) is 0 Å². The van der Waals surface area contributed by atoms with E-state index in [1.54, 1.807) is 24.5 Å². The smallest absolute Gasteiger partial charge is 0.408 e. The Kier molecular flexibility index (Phi) is 5.21. The molecule has 1 aromatic heterocycles. The van der Waals surface area contributed by atoms with Gasteiger partial charge in [0, 0.05) is 12.4 Å². The average molecular weight is 314 g/mol. The Morgan fingerprint density at radius 1 is 1.13 bits per heavy atom. The van der Waals surface area contributed by atoms with Crippen molar-refractivity contribution in [2.24, 2.45) is 0 Å². The summed E-state index contributed by atoms with van der Waals surface area (Å²) in [7, 11) is 0. The first-order chi connectivity index (χ1) is 10.8. The van der Waals surface area contributed by atoms with Crippen molar-refractivity contribution in [3.8, 4) is 11.5 Å². The largest absolute Gasteiger partial charge is 0.457 e. The van der Waals surface area contributed by atoms with E-state index in [-0.39, 0.29) is 6.04 Å². The molecule has 0 aliphatic carbocycles. The van der Waals surface area contributed by atoms with Gasteiger partial charge in [-0.25, -0.2) is 4.79 Å². The van der Waals surface area contributed by atoms with Crippen LogP contribution in [0, 0.1) is 0 Å². The summed E-state index contributed by atoms with van der Waals surface area (Å²) in [6.45, 7) is 7.40. The Balaban J connectivity index is 2.02. The zero-order valence-corrected chi connectivity index (χ0v) is 13.9. The van der Waals surface area contributed by atoms with Gasteiger partial charge >= 0.3 is 6.09 Å². The summed E-state index contributed by atoms with van der Waals surface area (Å²) in [5.74, 6) is 1.41. The Morgan fingerprint density at radius 3 is 2.48 bits per heavy atom. The Morgan fingerprint density at radius 2 is 1.83 bits per heavy atom. The van der Waals surface area contributed by atoms with Crippen molar-refractivity contribution < 1.29 is 14.3 Å². The summed E-state index contributed by atoms with van der Waals surface area (Å²) in [5.41, 5.74) is 0.415. The zero-order valence-electron chi connectivity index (χ0n) is 13.9. The number of hydrogen-bond donors (Lipinski definition) is 1. The number of benzene rings is 1. The number of pyridine rings is 1. The van der Waals surface area contributed by atoms with Gasteiger partial charge in [-0.2, -0.15) is 0 Å². The van der Waals surface area contributed by atoms with E-state index in [4.69, 9.17) is 9.47 Å². The summed E-state index contributed by atoms with van der Waals surface area (Å²) in [5, 5.41) is 2.82. The molecule has 0 radical (unpaired) electrons. The molecule has 1 atom stereocenters. The molecule has 5 nitrogen and oxygen atoms in total. The SMILES string of the molecule is CC(NC(=O)OC(C)(C)C)c1cccc(Oc2ccncc2)c1. The normalized spacial score (nSPS) is 12.3. The van der Waals surface area contributed by atoms with Gasteiger partial charge in [0.1, 0.15) is 17.1 Å². The number of nitrogens with one attached hydrogen (secondary N) is 1. The number of rotatable bonds is 4. The van der Waals surface area contributed by atoms with Crippen molar-refractivity contribution in [1.82, 2.24) is 10.3 Å². The van der Waals surface area contributed by atoms with Gasteiger partial charge in [0.05, 0.1) is 6.04 Å². The van der Waals surface area contributed by atoms with Gasteiger partial charge in [0.2, 0.25) is 0 Å². The van der Waals surface area contributed by atoms with Crippen molar-refractivity contribution in [3.63, 3.8) is 0 Å². The van der Waals surface area contributed by atoms with E-state index >= 15 is 0 Å². The van der Waals surface area contributed by atoms with Crippen LogP contribution < -0.4 is 10.1 Å². The first-order valence-corrected chi connectivity index (χ1v) is 7.51. The molecular formula is C18H22N2O3. The zero-order chi connectivity index (χ0) is 16.9. The molecule has 0 aliphatic heterocycles. The highest BCUT2D eigenvalue weighted by Crippen LogP contribution is 2.24. The fourth-order valence-corrected chi connectivity index (χ4v) is 1.96. The summed E-state index contributed by atoms with van der Waals surface area (Å²) in [6.07, 6.45) is 2.91. The standard InChI is InChI=1S/C18H22N2O3/c1-13(20-17(21)23-18(2,3)4)14-6-5-7-16(12-14)22-15-8-10-19-11-9-15/h5-13H,1-4H3,(H,20,21). The summed E-state index contributed by atoms with van der Waals surface area (Å²) in [6, 6.07) is 11.0. The second kappa shape index (κ2) is 7.13. The third-order valence-electron chi connectivity index (χ3n) is 2.98. The lowest BCUT2D eigenvalue weighted by Crippen LogP contribution is -2.34. The fourth-order valence-electron chi connectivity index (χ4n) is 1.96. The van der Waals surface area contributed by atoms with Crippen molar-refractivity contribution in [1.29, 1.82) is 0 Å². The highest BCUT2D eigenvalue weighted by Gasteiger charge is 2.18. The third-order valence-corrected chi connectivity index (χ3v) is 2.98. The second-order valence-corrected chi connectivity index (χ2v) is 6.23. The number of aromatic nitrogens is 1. The quantitative estimate of drug-likeness (QED) is 0.905. The van der Waals surface area contributed by atoms with E-state index in [1.807, 2.05) is 52.0 Å². The van der Waals surface area contributed by atoms with Crippen LogP contribution in [0.15, 0.2) is 48.8 Å². The van der Waals surface area contributed by atoms with E-state index in [0.29, 0.717) is 11.5 Å². The lowest BCUT2D eigenvalue weighted by Gasteiger charge is -2.22. The van der Waals surface area contributed by atoms with Gasteiger partial charge in [-0.15, -0.1) is 0 Å². The maximum Gasteiger partial charge on any atom is 0.408 e.